The van der Waals surface area contributed by atoms with Crippen molar-refractivity contribution in [3.63, 3.8) is 0 Å². The van der Waals surface area contributed by atoms with Crippen molar-refractivity contribution >= 4 is 15.9 Å². The number of hydrogen-bond donors (Lipinski definition) is 1. The molecule has 0 saturated carbocycles. The van der Waals surface area contributed by atoms with E-state index in [9.17, 15) is 17.6 Å². The molecule has 25 heavy (non-hydrogen) atoms. The van der Waals surface area contributed by atoms with Gasteiger partial charge in [-0.05, 0) is 29.8 Å². The number of amides is 1. The molecule has 0 aliphatic heterocycles. The number of carbonyl (C=O) groups is 1. The lowest BCUT2D eigenvalue weighted by Crippen LogP contribution is -2.40. The Balaban J connectivity index is 2.30. The molecule has 0 saturated heterocycles. The molecule has 0 aromatic heterocycles. The van der Waals surface area contributed by atoms with Crippen molar-refractivity contribution in [2.45, 2.75) is 11.4 Å². The van der Waals surface area contributed by atoms with Gasteiger partial charge < -0.3 is 5.32 Å². The Morgan fingerprint density at radius 1 is 1.12 bits per heavy atom. The molecule has 2 rings (SSSR count). The van der Waals surface area contributed by atoms with Crippen LogP contribution in [0.25, 0.3) is 0 Å². The molecule has 0 bridgehead atoms. The predicted octanol–water partition coefficient (Wildman–Crippen LogP) is 2.32. The Hall–Kier alpha value is -2.51. The summed E-state index contributed by atoms with van der Waals surface area (Å²) in [4.78, 5) is 11.9. The first kappa shape index (κ1) is 18.8. The van der Waals surface area contributed by atoms with Gasteiger partial charge in [0.1, 0.15) is 5.82 Å². The number of rotatable bonds is 8. The van der Waals surface area contributed by atoms with E-state index in [-0.39, 0.29) is 24.5 Å². The summed E-state index contributed by atoms with van der Waals surface area (Å²) in [5.74, 6) is -0.973. The second-order valence-electron chi connectivity index (χ2n) is 5.31. The SMILES string of the molecule is C=CCNC(=O)CN(Cc1ccccc1)S(=O)(=O)c1ccc(F)cc1. The van der Waals surface area contributed by atoms with Crippen LogP contribution in [-0.4, -0.2) is 31.7 Å². The zero-order valence-electron chi connectivity index (χ0n) is 13.6. The molecule has 132 valence electrons. The third-order valence-electron chi connectivity index (χ3n) is 3.42. The van der Waals surface area contributed by atoms with Gasteiger partial charge in [-0.15, -0.1) is 6.58 Å². The Bertz CT molecular complexity index is 821. The van der Waals surface area contributed by atoms with Crippen LogP contribution in [0.2, 0.25) is 0 Å². The fourth-order valence-electron chi connectivity index (χ4n) is 2.17. The van der Waals surface area contributed by atoms with E-state index in [0.29, 0.717) is 0 Å². The molecule has 0 aliphatic carbocycles. The second kappa shape index (κ2) is 8.55. The Kier molecular flexibility index (Phi) is 6.44. The van der Waals surface area contributed by atoms with Gasteiger partial charge >= 0.3 is 0 Å². The maximum atomic E-state index is 13.1. The van der Waals surface area contributed by atoms with Gasteiger partial charge in [-0.1, -0.05) is 36.4 Å². The quantitative estimate of drug-likeness (QED) is 0.733. The zero-order valence-corrected chi connectivity index (χ0v) is 14.4. The highest BCUT2D eigenvalue weighted by atomic mass is 32.2. The maximum absolute atomic E-state index is 13.1. The van der Waals surface area contributed by atoms with E-state index >= 15 is 0 Å². The highest BCUT2D eigenvalue weighted by Gasteiger charge is 2.26. The monoisotopic (exact) mass is 362 g/mol. The number of hydrogen-bond acceptors (Lipinski definition) is 3. The van der Waals surface area contributed by atoms with Crippen LogP contribution in [0.4, 0.5) is 4.39 Å². The van der Waals surface area contributed by atoms with Crippen molar-refractivity contribution in [1.82, 2.24) is 9.62 Å². The normalized spacial score (nSPS) is 11.3. The van der Waals surface area contributed by atoms with Gasteiger partial charge in [0, 0.05) is 13.1 Å². The summed E-state index contributed by atoms with van der Waals surface area (Å²) in [5.41, 5.74) is 0.740. The van der Waals surface area contributed by atoms with Gasteiger partial charge in [0.2, 0.25) is 15.9 Å². The molecule has 1 amide bonds. The number of sulfonamides is 1. The smallest absolute Gasteiger partial charge is 0.243 e. The number of carbonyl (C=O) groups excluding carboxylic acids is 1. The van der Waals surface area contributed by atoms with Gasteiger partial charge in [0.15, 0.2) is 0 Å². The Labute approximate surface area is 146 Å². The van der Waals surface area contributed by atoms with Crippen LogP contribution >= 0.6 is 0 Å². The first-order valence-electron chi connectivity index (χ1n) is 7.60. The van der Waals surface area contributed by atoms with Crippen LogP contribution in [0.1, 0.15) is 5.56 Å². The minimum absolute atomic E-state index is 0.0298. The average molecular weight is 362 g/mol. The van der Waals surface area contributed by atoms with Crippen molar-refractivity contribution in [3.8, 4) is 0 Å². The van der Waals surface area contributed by atoms with Crippen molar-refractivity contribution in [2.24, 2.45) is 0 Å². The van der Waals surface area contributed by atoms with Crippen LogP contribution in [-0.2, 0) is 21.4 Å². The zero-order chi connectivity index (χ0) is 18.3. The number of nitrogens with one attached hydrogen (secondary N) is 1. The minimum Gasteiger partial charge on any atom is -0.351 e. The summed E-state index contributed by atoms with van der Waals surface area (Å²) in [6.45, 7) is 3.43. The predicted molar refractivity (Wildman–Crippen MR) is 93.6 cm³/mol. The van der Waals surface area contributed by atoms with Gasteiger partial charge in [0.25, 0.3) is 0 Å². The van der Waals surface area contributed by atoms with Crippen LogP contribution in [0.15, 0.2) is 72.1 Å². The number of halogens is 1. The Morgan fingerprint density at radius 3 is 2.36 bits per heavy atom. The van der Waals surface area contributed by atoms with Gasteiger partial charge in [-0.3, -0.25) is 4.79 Å². The van der Waals surface area contributed by atoms with Gasteiger partial charge in [-0.2, -0.15) is 4.31 Å². The summed E-state index contributed by atoms with van der Waals surface area (Å²) in [6, 6.07) is 13.5. The number of nitrogens with zero attached hydrogens (tertiary/aromatic N) is 1. The van der Waals surface area contributed by atoms with Gasteiger partial charge in [-0.25, -0.2) is 12.8 Å². The molecule has 0 unspecified atom stereocenters. The lowest BCUT2D eigenvalue weighted by Gasteiger charge is -2.22. The lowest BCUT2D eigenvalue weighted by molar-refractivity contribution is -0.121. The summed E-state index contributed by atoms with van der Waals surface area (Å²) in [7, 11) is -3.96. The molecule has 0 spiro atoms. The molecule has 0 fully saturated rings. The second-order valence-corrected chi connectivity index (χ2v) is 7.24. The van der Waals surface area contributed by atoms with E-state index in [1.807, 2.05) is 6.07 Å². The summed E-state index contributed by atoms with van der Waals surface area (Å²) in [5, 5.41) is 2.56. The largest absolute Gasteiger partial charge is 0.351 e. The summed E-state index contributed by atoms with van der Waals surface area (Å²) in [6.07, 6.45) is 1.51. The number of benzene rings is 2. The lowest BCUT2D eigenvalue weighted by atomic mass is 10.2. The molecule has 5 nitrogen and oxygen atoms in total. The third-order valence-corrected chi connectivity index (χ3v) is 5.22. The highest BCUT2D eigenvalue weighted by molar-refractivity contribution is 7.89. The summed E-state index contributed by atoms with van der Waals surface area (Å²) < 4.78 is 39.9. The fourth-order valence-corrected chi connectivity index (χ4v) is 3.56. The van der Waals surface area contributed by atoms with Crippen molar-refractivity contribution < 1.29 is 17.6 Å². The van der Waals surface area contributed by atoms with Crippen LogP contribution in [0.3, 0.4) is 0 Å². The highest BCUT2D eigenvalue weighted by Crippen LogP contribution is 2.18. The van der Waals surface area contributed by atoms with E-state index in [2.05, 4.69) is 11.9 Å². The molecule has 2 aromatic rings. The average Bonchev–Trinajstić information content (AvgIpc) is 2.60. The van der Waals surface area contributed by atoms with Gasteiger partial charge in [0.05, 0.1) is 11.4 Å². The molecule has 7 heteroatoms. The standard InChI is InChI=1S/C18H19FN2O3S/c1-2-12-20-18(22)14-21(13-15-6-4-3-5-7-15)25(23,24)17-10-8-16(19)9-11-17/h2-11H,1,12-14H2,(H,20,22). The molecule has 0 heterocycles. The van der Waals surface area contributed by atoms with Crippen LogP contribution < -0.4 is 5.32 Å². The van der Waals surface area contributed by atoms with Crippen molar-refractivity contribution in [3.05, 3.63) is 78.6 Å². The van der Waals surface area contributed by atoms with Crippen molar-refractivity contribution in [1.29, 1.82) is 0 Å². The van der Waals surface area contributed by atoms with E-state index in [4.69, 9.17) is 0 Å². The Morgan fingerprint density at radius 2 is 1.76 bits per heavy atom. The fraction of sp³-hybridized carbons (Fsp3) is 0.167. The maximum Gasteiger partial charge on any atom is 0.243 e. The van der Waals surface area contributed by atoms with E-state index in [0.717, 1.165) is 22.0 Å². The molecule has 0 atom stereocenters. The molecule has 1 N–H and O–H groups in total. The topological polar surface area (TPSA) is 66.5 Å². The van der Waals surface area contributed by atoms with E-state index in [1.54, 1.807) is 24.3 Å². The molecular weight excluding hydrogens is 343 g/mol. The summed E-state index contributed by atoms with van der Waals surface area (Å²) >= 11 is 0. The minimum atomic E-state index is -3.96. The first-order valence-corrected chi connectivity index (χ1v) is 9.04. The molecule has 0 aliphatic rings. The molecule has 0 radical (unpaired) electrons. The van der Waals surface area contributed by atoms with Crippen LogP contribution in [0.5, 0.6) is 0 Å². The molecular formula is C18H19FN2O3S. The van der Waals surface area contributed by atoms with Crippen LogP contribution in [0, 0.1) is 5.82 Å². The first-order chi connectivity index (χ1) is 11.9. The van der Waals surface area contributed by atoms with Crippen molar-refractivity contribution in [2.75, 3.05) is 13.1 Å². The third kappa shape index (κ3) is 5.23. The molecule has 2 aromatic carbocycles. The van der Waals surface area contributed by atoms with E-state index < -0.39 is 21.7 Å². The van der Waals surface area contributed by atoms with E-state index in [1.165, 1.54) is 18.2 Å².